The summed E-state index contributed by atoms with van der Waals surface area (Å²) in [7, 11) is 0. The van der Waals surface area contributed by atoms with Crippen LogP contribution in [0.15, 0.2) is 57.7 Å². The molecule has 0 aliphatic rings. The highest BCUT2D eigenvalue weighted by Crippen LogP contribution is 2.25. The molecule has 0 saturated carbocycles. The third kappa shape index (κ3) is 2.92. The standard InChI is InChI=1S/C18H13ClN2O2S/c19-12-7-5-11(6-8-12)9-24-10-15-20-16-13-3-1-2-4-14(13)23-17(16)18(22)21-15/h1-8H,9-10H2,(H,20,21,22). The molecule has 2 aromatic heterocycles. The first-order chi connectivity index (χ1) is 11.7. The minimum Gasteiger partial charge on any atom is -0.449 e. The quantitative estimate of drug-likeness (QED) is 0.573. The van der Waals surface area contributed by atoms with E-state index in [-0.39, 0.29) is 11.1 Å². The van der Waals surface area contributed by atoms with Crippen molar-refractivity contribution < 1.29 is 4.42 Å². The number of thioether (sulfide) groups is 1. The highest BCUT2D eigenvalue weighted by molar-refractivity contribution is 7.97. The molecule has 0 spiro atoms. The fraction of sp³-hybridized carbons (Fsp3) is 0.111. The van der Waals surface area contributed by atoms with Crippen LogP contribution < -0.4 is 5.56 Å². The average molecular weight is 357 g/mol. The number of halogens is 1. The van der Waals surface area contributed by atoms with Crippen LogP contribution in [0.4, 0.5) is 0 Å². The molecule has 4 aromatic rings. The molecular weight excluding hydrogens is 344 g/mol. The van der Waals surface area contributed by atoms with E-state index in [9.17, 15) is 4.79 Å². The Morgan fingerprint density at radius 2 is 1.88 bits per heavy atom. The summed E-state index contributed by atoms with van der Waals surface area (Å²) < 4.78 is 5.60. The molecule has 0 atom stereocenters. The van der Waals surface area contributed by atoms with Gasteiger partial charge in [0.25, 0.3) is 5.56 Å². The van der Waals surface area contributed by atoms with Gasteiger partial charge in [-0.2, -0.15) is 0 Å². The minimum atomic E-state index is -0.238. The van der Waals surface area contributed by atoms with Gasteiger partial charge in [0, 0.05) is 16.2 Å². The lowest BCUT2D eigenvalue weighted by atomic mass is 10.2. The van der Waals surface area contributed by atoms with Gasteiger partial charge in [0.1, 0.15) is 16.9 Å². The van der Waals surface area contributed by atoms with E-state index < -0.39 is 0 Å². The van der Waals surface area contributed by atoms with Crippen LogP contribution in [0.5, 0.6) is 0 Å². The molecular formula is C18H13ClN2O2S. The fourth-order valence-corrected chi connectivity index (χ4v) is 3.55. The zero-order valence-corrected chi connectivity index (χ0v) is 14.2. The Morgan fingerprint density at radius 3 is 2.71 bits per heavy atom. The number of fused-ring (bicyclic) bond motifs is 3. The van der Waals surface area contributed by atoms with Crippen molar-refractivity contribution in [3.05, 3.63) is 75.3 Å². The number of aromatic nitrogens is 2. The normalized spacial score (nSPS) is 11.4. The number of hydrogen-bond donors (Lipinski definition) is 1. The summed E-state index contributed by atoms with van der Waals surface area (Å²) in [6.07, 6.45) is 0. The topological polar surface area (TPSA) is 58.9 Å². The summed E-state index contributed by atoms with van der Waals surface area (Å²) in [4.78, 5) is 19.6. The second-order valence-corrected chi connectivity index (χ2v) is 6.83. The lowest BCUT2D eigenvalue weighted by Gasteiger charge is -2.02. The van der Waals surface area contributed by atoms with Gasteiger partial charge in [-0.25, -0.2) is 4.98 Å². The van der Waals surface area contributed by atoms with Crippen molar-refractivity contribution in [3.63, 3.8) is 0 Å². The zero-order chi connectivity index (χ0) is 16.5. The Hall–Kier alpha value is -2.24. The van der Waals surface area contributed by atoms with E-state index in [1.165, 1.54) is 5.56 Å². The number of benzene rings is 2. The molecule has 1 N–H and O–H groups in total. The summed E-state index contributed by atoms with van der Waals surface area (Å²) in [5.41, 5.74) is 2.52. The number of aromatic amines is 1. The van der Waals surface area contributed by atoms with Gasteiger partial charge in [0.05, 0.1) is 5.75 Å². The molecule has 0 saturated heterocycles. The number of para-hydroxylation sites is 1. The molecule has 2 heterocycles. The molecule has 0 radical (unpaired) electrons. The van der Waals surface area contributed by atoms with Crippen LogP contribution in [0.25, 0.3) is 22.1 Å². The molecule has 0 unspecified atom stereocenters. The van der Waals surface area contributed by atoms with Gasteiger partial charge in [0.15, 0.2) is 0 Å². The van der Waals surface area contributed by atoms with E-state index in [1.54, 1.807) is 11.8 Å². The molecule has 24 heavy (non-hydrogen) atoms. The Kier molecular flexibility index (Phi) is 4.04. The predicted molar refractivity (Wildman–Crippen MR) is 98.6 cm³/mol. The maximum atomic E-state index is 12.2. The maximum absolute atomic E-state index is 12.2. The molecule has 0 amide bonds. The van der Waals surface area contributed by atoms with Crippen molar-refractivity contribution in [2.24, 2.45) is 0 Å². The van der Waals surface area contributed by atoms with E-state index >= 15 is 0 Å². The lowest BCUT2D eigenvalue weighted by Crippen LogP contribution is -2.10. The van der Waals surface area contributed by atoms with Gasteiger partial charge in [-0.1, -0.05) is 35.9 Å². The van der Waals surface area contributed by atoms with Gasteiger partial charge < -0.3 is 9.40 Å². The highest BCUT2D eigenvalue weighted by Gasteiger charge is 2.12. The van der Waals surface area contributed by atoms with Crippen molar-refractivity contribution in [2.45, 2.75) is 11.5 Å². The van der Waals surface area contributed by atoms with Crippen molar-refractivity contribution in [1.82, 2.24) is 9.97 Å². The number of nitrogens with zero attached hydrogens (tertiary/aromatic N) is 1. The molecule has 0 bridgehead atoms. The van der Waals surface area contributed by atoms with Crippen LogP contribution in [0, 0.1) is 0 Å². The van der Waals surface area contributed by atoms with E-state index in [0.29, 0.717) is 22.7 Å². The number of furan rings is 1. The Bertz CT molecular complexity index is 1070. The third-order valence-electron chi connectivity index (χ3n) is 3.70. The van der Waals surface area contributed by atoms with Gasteiger partial charge in [-0.15, -0.1) is 11.8 Å². The van der Waals surface area contributed by atoms with Crippen molar-refractivity contribution in [2.75, 3.05) is 0 Å². The molecule has 4 nitrogen and oxygen atoms in total. The third-order valence-corrected chi connectivity index (χ3v) is 4.97. The molecule has 0 aliphatic heterocycles. The maximum Gasteiger partial charge on any atom is 0.294 e. The molecule has 6 heteroatoms. The summed E-state index contributed by atoms with van der Waals surface area (Å²) in [6.45, 7) is 0. The van der Waals surface area contributed by atoms with E-state index in [4.69, 9.17) is 16.0 Å². The van der Waals surface area contributed by atoms with Crippen LogP contribution >= 0.6 is 23.4 Å². The summed E-state index contributed by atoms with van der Waals surface area (Å²) >= 11 is 7.57. The van der Waals surface area contributed by atoms with Crippen LogP contribution in [0.1, 0.15) is 11.4 Å². The van der Waals surface area contributed by atoms with E-state index in [1.807, 2.05) is 48.5 Å². The van der Waals surface area contributed by atoms with Crippen LogP contribution in [0.3, 0.4) is 0 Å². The van der Waals surface area contributed by atoms with E-state index in [0.717, 1.165) is 16.2 Å². The van der Waals surface area contributed by atoms with Crippen molar-refractivity contribution in [1.29, 1.82) is 0 Å². The molecule has 4 rings (SSSR count). The number of nitrogens with one attached hydrogen (secondary N) is 1. The van der Waals surface area contributed by atoms with Gasteiger partial charge in [-0.05, 0) is 29.8 Å². The van der Waals surface area contributed by atoms with E-state index in [2.05, 4.69) is 9.97 Å². The van der Waals surface area contributed by atoms with Crippen LogP contribution in [-0.2, 0) is 11.5 Å². The molecule has 120 valence electrons. The average Bonchev–Trinajstić information content (AvgIpc) is 2.96. The lowest BCUT2D eigenvalue weighted by molar-refractivity contribution is 0.660. The first-order valence-electron chi connectivity index (χ1n) is 7.43. The molecule has 0 aliphatic carbocycles. The molecule has 0 fully saturated rings. The van der Waals surface area contributed by atoms with Gasteiger partial charge in [-0.3, -0.25) is 4.79 Å². The van der Waals surface area contributed by atoms with Gasteiger partial charge >= 0.3 is 0 Å². The van der Waals surface area contributed by atoms with Crippen molar-refractivity contribution >= 4 is 45.4 Å². The summed E-state index contributed by atoms with van der Waals surface area (Å²) in [5.74, 6) is 2.09. The van der Waals surface area contributed by atoms with Gasteiger partial charge in [0.2, 0.25) is 5.58 Å². The fourth-order valence-electron chi connectivity index (χ4n) is 2.56. The first-order valence-corrected chi connectivity index (χ1v) is 8.96. The monoisotopic (exact) mass is 356 g/mol. The summed E-state index contributed by atoms with van der Waals surface area (Å²) in [6, 6.07) is 15.3. The Morgan fingerprint density at radius 1 is 1.08 bits per heavy atom. The minimum absolute atomic E-state index is 0.238. The smallest absolute Gasteiger partial charge is 0.294 e. The molecule has 2 aromatic carbocycles. The Labute approximate surface area is 146 Å². The van der Waals surface area contributed by atoms with Crippen LogP contribution in [0.2, 0.25) is 5.02 Å². The number of rotatable bonds is 4. The zero-order valence-electron chi connectivity index (χ0n) is 12.6. The SMILES string of the molecule is O=c1[nH]c(CSCc2ccc(Cl)cc2)nc2c1oc1ccccc12. The highest BCUT2D eigenvalue weighted by atomic mass is 35.5. The predicted octanol–water partition coefficient (Wildman–Crippen LogP) is 4.76. The largest absolute Gasteiger partial charge is 0.449 e. The summed E-state index contributed by atoms with van der Waals surface area (Å²) in [5, 5.41) is 1.59. The second-order valence-electron chi connectivity index (χ2n) is 5.41. The second kappa shape index (κ2) is 6.34. The van der Waals surface area contributed by atoms with Crippen molar-refractivity contribution in [3.8, 4) is 0 Å². The number of H-pyrrole nitrogens is 1. The Balaban J connectivity index is 1.59. The van der Waals surface area contributed by atoms with Crippen LogP contribution in [-0.4, -0.2) is 9.97 Å². The first kappa shape index (κ1) is 15.3. The number of hydrogen-bond acceptors (Lipinski definition) is 4.